The summed E-state index contributed by atoms with van der Waals surface area (Å²) in [7, 11) is 2.02. The van der Waals surface area contributed by atoms with Crippen molar-refractivity contribution in [2.45, 2.75) is 62.4 Å². The molecule has 2 N–H and O–H groups in total. The first kappa shape index (κ1) is 23.9. The summed E-state index contributed by atoms with van der Waals surface area (Å²) >= 11 is -0.154. The Kier molecular flexibility index (Phi) is 11.2. The molecular formula is C19H36I2NO3-. The molecule has 0 aromatic rings. The first-order valence-electron chi connectivity index (χ1n) is 9.02. The van der Waals surface area contributed by atoms with Gasteiger partial charge >= 0.3 is 175 Å². The van der Waals surface area contributed by atoms with Gasteiger partial charge in [0.05, 0.1) is 0 Å². The van der Waals surface area contributed by atoms with E-state index in [0.29, 0.717) is 23.0 Å². The van der Waals surface area contributed by atoms with Crippen LogP contribution in [0.2, 0.25) is 0 Å². The quantitative estimate of drug-likeness (QED) is 0.188. The molecule has 4 nitrogen and oxygen atoms in total. The first-order chi connectivity index (χ1) is 11.8. The van der Waals surface area contributed by atoms with Crippen LogP contribution in [0.4, 0.5) is 0 Å². The van der Waals surface area contributed by atoms with Gasteiger partial charge in [0.2, 0.25) is 0 Å². The number of aliphatic hydroxyl groups excluding tert-OH is 2. The van der Waals surface area contributed by atoms with E-state index in [4.69, 9.17) is 4.74 Å². The third kappa shape index (κ3) is 7.44. The minimum atomic E-state index is -0.806. The topological polar surface area (TPSA) is 52.9 Å². The molecule has 25 heavy (non-hydrogen) atoms. The number of hydrogen-bond acceptors (Lipinski definition) is 4. The number of halogens is 2. The van der Waals surface area contributed by atoms with Crippen molar-refractivity contribution in [3.05, 3.63) is 12.2 Å². The fraction of sp³-hybridized carbons (Fsp3) is 0.842. The average molecular weight is 580 g/mol. The molecule has 1 fully saturated rings. The van der Waals surface area contributed by atoms with E-state index >= 15 is 0 Å². The molecule has 0 heterocycles. The molecule has 1 aliphatic carbocycles. The fourth-order valence-electron chi connectivity index (χ4n) is 2.91. The predicted molar refractivity (Wildman–Crippen MR) is 111 cm³/mol. The monoisotopic (exact) mass is 580 g/mol. The molecule has 1 rings (SSSR count). The zero-order valence-electron chi connectivity index (χ0n) is 16.5. The first-order valence-corrected chi connectivity index (χ1v) is 15.0. The van der Waals surface area contributed by atoms with Gasteiger partial charge in [0.25, 0.3) is 0 Å². The minimum absolute atomic E-state index is 0.00779. The molecule has 0 saturated heterocycles. The van der Waals surface area contributed by atoms with Gasteiger partial charge in [-0.15, -0.1) is 0 Å². The second kappa shape index (κ2) is 11.7. The number of likely N-dealkylation sites (N-methyl/N-ethyl adjacent to an activating group) is 1. The number of allylic oxidation sites excluding steroid dienone is 2. The SMILES string of the molecule is C/C=C\C(C)=I[C@H](C1CC1)[C@@H](O)CN(C)[C@](C)(C[I-]C)[C@@H](O)OCC. The molecule has 150 valence electrons. The Bertz CT molecular complexity index is 454. The summed E-state index contributed by atoms with van der Waals surface area (Å²) in [4.78, 5) is 4.37. The molecule has 4 atom stereocenters. The Balaban J connectivity index is 2.85. The maximum absolute atomic E-state index is 11.0. The van der Waals surface area contributed by atoms with Gasteiger partial charge in [0.15, 0.2) is 0 Å². The van der Waals surface area contributed by atoms with Crippen molar-refractivity contribution in [3.63, 3.8) is 0 Å². The van der Waals surface area contributed by atoms with Gasteiger partial charge in [0.1, 0.15) is 0 Å². The standard InChI is InChI=1S/C19H36I2NO3/c1-7-9-14(3)21-17(15-10-11-15)16(23)12-22(6)19(4,13-20-5)18(24)25-8-2/h7,9,15-18,23-24H,8,10-13H2,1-6H3/q-1/b9-7-/t16-,17+,18-,19+/m0/s1. The Hall–Kier alpha value is 0.910. The molecule has 0 aromatic heterocycles. The van der Waals surface area contributed by atoms with Crippen LogP contribution in [-0.4, -0.2) is 70.0 Å². The average Bonchev–Trinajstić information content (AvgIpc) is 3.37. The van der Waals surface area contributed by atoms with Gasteiger partial charge in [0, 0.05) is 0 Å². The molecule has 1 aliphatic rings. The summed E-state index contributed by atoms with van der Waals surface area (Å²) in [5.74, 6) is 0.693. The summed E-state index contributed by atoms with van der Waals surface area (Å²) < 4.78 is 8.33. The van der Waals surface area contributed by atoms with E-state index in [2.05, 4.69) is 42.8 Å². The van der Waals surface area contributed by atoms with Crippen molar-refractivity contribution in [1.29, 1.82) is 0 Å². The van der Waals surface area contributed by atoms with E-state index in [-0.39, 0.29) is 48.0 Å². The molecular weight excluding hydrogens is 544 g/mol. The van der Waals surface area contributed by atoms with Crippen LogP contribution in [0, 0.1) is 5.92 Å². The van der Waals surface area contributed by atoms with Gasteiger partial charge in [-0.3, -0.25) is 0 Å². The zero-order chi connectivity index (χ0) is 19.0. The van der Waals surface area contributed by atoms with Crippen molar-refractivity contribution >= 4 is 24.2 Å². The number of nitrogens with zero attached hydrogens (tertiary/aromatic N) is 1. The number of aliphatic hydroxyl groups is 2. The second-order valence-electron chi connectivity index (χ2n) is 6.99. The predicted octanol–water partition coefficient (Wildman–Crippen LogP) is -0.371. The fourth-order valence-corrected chi connectivity index (χ4v) is 8.98. The van der Waals surface area contributed by atoms with E-state index in [0.717, 1.165) is 4.43 Å². The summed E-state index contributed by atoms with van der Waals surface area (Å²) in [5, 5.41) is 21.5. The summed E-state index contributed by atoms with van der Waals surface area (Å²) in [6, 6.07) is 0. The van der Waals surface area contributed by atoms with Gasteiger partial charge in [-0.25, -0.2) is 0 Å². The maximum atomic E-state index is 11.0. The normalized spacial score (nSPS) is 22.7. The van der Waals surface area contributed by atoms with Crippen LogP contribution < -0.4 is 21.2 Å². The molecule has 6 heteroatoms. The van der Waals surface area contributed by atoms with E-state index < -0.39 is 11.8 Å². The number of ether oxygens (including phenoxy) is 1. The molecule has 0 amide bonds. The number of alkyl halides is 3. The van der Waals surface area contributed by atoms with Crippen molar-refractivity contribution in [3.8, 4) is 0 Å². The van der Waals surface area contributed by atoms with Crippen molar-refractivity contribution in [1.82, 2.24) is 4.90 Å². The van der Waals surface area contributed by atoms with Crippen LogP contribution in [0.5, 0.6) is 0 Å². The van der Waals surface area contributed by atoms with Crippen molar-refractivity contribution in [2.24, 2.45) is 5.92 Å². The Morgan fingerprint density at radius 3 is 2.56 bits per heavy atom. The second-order valence-corrected chi connectivity index (χ2v) is 13.0. The molecule has 0 unspecified atom stereocenters. The molecule has 0 radical (unpaired) electrons. The van der Waals surface area contributed by atoms with Crippen LogP contribution in [0.15, 0.2) is 12.2 Å². The van der Waals surface area contributed by atoms with Gasteiger partial charge < -0.3 is 0 Å². The molecule has 0 aliphatic heterocycles. The zero-order valence-corrected chi connectivity index (χ0v) is 20.8. The summed E-state index contributed by atoms with van der Waals surface area (Å²) in [5.41, 5.74) is -0.423. The van der Waals surface area contributed by atoms with Crippen LogP contribution in [0.25, 0.3) is 0 Å². The van der Waals surface area contributed by atoms with Gasteiger partial charge in [-0.1, -0.05) is 0 Å². The Morgan fingerprint density at radius 1 is 1.44 bits per heavy atom. The molecule has 0 spiro atoms. The Labute approximate surface area is 174 Å². The molecule has 1 saturated carbocycles. The molecule has 0 aromatic carbocycles. The number of hydrogen-bond donors (Lipinski definition) is 2. The summed E-state index contributed by atoms with van der Waals surface area (Å²) in [6.07, 6.45) is 5.68. The molecule has 0 bridgehead atoms. The van der Waals surface area contributed by atoms with E-state index in [1.807, 2.05) is 14.0 Å². The van der Waals surface area contributed by atoms with Crippen LogP contribution in [-0.2, 0) is 4.74 Å². The van der Waals surface area contributed by atoms with Gasteiger partial charge in [-0.2, -0.15) is 0 Å². The van der Waals surface area contributed by atoms with Crippen molar-refractivity contribution in [2.75, 3.05) is 29.6 Å². The Morgan fingerprint density at radius 2 is 2.08 bits per heavy atom. The van der Waals surface area contributed by atoms with Crippen LogP contribution in [0.1, 0.15) is 40.5 Å². The van der Waals surface area contributed by atoms with E-state index in [1.165, 1.54) is 16.4 Å². The van der Waals surface area contributed by atoms with Crippen LogP contribution in [0.3, 0.4) is 0 Å². The summed E-state index contributed by atoms with van der Waals surface area (Å²) in [6.45, 7) is 9.34. The van der Waals surface area contributed by atoms with Gasteiger partial charge in [-0.05, 0) is 0 Å². The number of rotatable bonds is 12. The van der Waals surface area contributed by atoms with Crippen molar-refractivity contribution < 1.29 is 36.2 Å². The van der Waals surface area contributed by atoms with E-state index in [9.17, 15) is 10.2 Å². The third-order valence-corrected chi connectivity index (χ3v) is 10.9. The van der Waals surface area contributed by atoms with Crippen LogP contribution >= 0.6 is 20.7 Å². The van der Waals surface area contributed by atoms with E-state index in [1.54, 1.807) is 0 Å². The number of β-amino-alcohol motifs (C(OH)–C–C–N with tert-alkyl or cyclic N) is 1. The third-order valence-electron chi connectivity index (χ3n) is 4.73.